The average Bonchev–Trinajstić information content (AvgIpc) is 3.00. The summed E-state index contributed by atoms with van der Waals surface area (Å²) in [5.41, 5.74) is 1.61. The van der Waals surface area contributed by atoms with Crippen LogP contribution in [0.1, 0.15) is 40.5 Å². The third-order valence-electron chi connectivity index (χ3n) is 5.43. The van der Waals surface area contributed by atoms with Gasteiger partial charge >= 0.3 is 23.9 Å². The maximum Gasteiger partial charge on any atom is 0.334 e. The minimum absolute atomic E-state index is 0.0664. The van der Waals surface area contributed by atoms with Crippen LogP contribution >= 0.6 is 0 Å². The summed E-state index contributed by atoms with van der Waals surface area (Å²) in [6.45, 7) is 9.26. The molecule has 1 aliphatic heterocycles. The second-order valence-corrected chi connectivity index (χ2v) is 8.03. The molecule has 9 heteroatoms. The van der Waals surface area contributed by atoms with E-state index < -0.39 is 48.1 Å². The number of rotatable bonds is 6. The third-order valence-corrected chi connectivity index (χ3v) is 5.43. The Morgan fingerprint density at radius 3 is 2.52 bits per heavy atom. The first-order chi connectivity index (χ1) is 15.5. The van der Waals surface area contributed by atoms with Crippen molar-refractivity contribution in [3.05, 3.63) is 47.1 Å². The summed E-state index contributed by atoms with van der Waals surface area (Å²) in [6, 6.07) is 0. The summed E-state index contributed by atoms with van der Waals surface area (Å²) in [6.07, 6.45) is 2.90. The lowest BCUT2D eigenvalue weighted by molar-refractivity contribution is -0.148. The van der Waals surface area contributed by atoms with Crippen LogP contribution < -0.4 is 0 Å². The van der Waals surface area contributed by atoms with Crippen LogP contribution in [-0.4, -0.2) is 60.5 Å². The number of hydrogen-bond donors (Lipinski definition) is 1. The highest BCUT2D eigenvalue weighted by Crippen LogP contribution is 2.37. The zero-order chi connectivity index (χ0) is 24.7. The van der Waals surface area contributed by atoms with Gasteiger partial charge in [0.25, 0.3) is 0 Å². The Kier molecular flexibility index (Phi) is 9.16. The van der Waals surface area contributed by atoms with Crippen molar-refractivity contribution in [3.63, 3.8) is 0 Å². The molecule has 1 heterocycles. The van der Waals surface area contributed by atoms with Crippen molar-refractivity contribution in [1.29, 1.82) is 0 Å². The van der Waals surface area contributed by atoms with Gasteiger partial charge in [0.15, 0.2) is 0 Å². The van der Waals surface area contributed by atoms with E-state index in [1.54, 1.807) is 19.1 Å². The van der Waals surface area contributed by atoms with Gasteiger partial charge in [0, 0.05) is 37.8 Å². The van der Waals surface area contributed by atoms with Crippen LogP contribution in [0.3, 0.4) is 0 Å². The molecule has 0 spiro atoms. The van der Waals surface area contributed by atoms with Gasteiger partial charge in [0.05, 0.1) is 12.5 Å². The maximum absolute atomic E-state index is 12.6. The van der Waals surface area contributed by atoms with Crippen molar-refractivity contribution in [3.8, 4) is 0 Å². The van der Waals surface area contributed by atoms with Crippen LogP contribution in [0, 0.1) is 5.92 Å². The van der Waals surface area contributed by atoms with Crippen LogP contribution in [0.25, 0.3) is 0 Å². The molecule has 0 unspecified atom stereocenters. The van der Waals surface area contributed by atoms with Crippen LogP contribution in [0.5, 0.6) is 0 Å². The summed E-state index contributed by atoms with van der Waals surface area (Å²) in [5, 5.41) is 9.09. The number of esters is 4. The van der Waals surface area contributed by atoms with E-state index in [1.165, 1.54) is 26.8 Å². The highest BCUT2D eigenvalue weighted by molar-refractivity contribution is 5.92. The summed E-state index contributed by atoms with van der Waals surface area (Å²) in [4.78, 5) is 48.0. The van der Waals surface area contributed by atoms with Crippen molar-refractivity contribution in [1.82, 2.24) is 0 Å². The molecule has 0 radical (unpaired) electrons. The Labute approximate surface area is 192 Å². The summed E-state index contributed by atoms with van der Waals surface area (Å²) in [5.74, 6) is -2.95. The van der Waals surface area contributed by atoms with E-state index in [4.69, 9.17) is 24.1 Å². The lowest BCUT2D eigenvalue weighted by Crippen LogP contribution is -2.35. The maximum atomic E-state index is 12.6. The van der Waals surface area contributed by atoms with E-state index in [0.29, 0.717) is 11.1 Å². The third kappa shape index (κ3) is 7.15. The monoisotopic (exact) mass is 462 g/mol. The van der Waals surface area contributed by atoms with Crippen molar-refractivity contribution in [2.24, 2.45) is 5.92 Å². The van der Waals surface area contributed by atoms with E-state index in [9.17, 15) is 19.2 Å². The van der Waals surface area contributed by atoms with Gasteiger partial charge in [-0.3, -0.25) is 9.59 Å². The van der Waals surface area contributed by atoms with Crippen LogP contribution in [0.2, 0.25) is 0 Å². The molecule has 180 valence electrons. The molecule has 0 aromatic heterocycles. The van der Waals surface area contributed by atoms with Crippen molar-refractivity contribution in [2.45, 2.75) is 58.8 Å². The number of aliphatic hydroxyl groups excluding tert-OH is 1. The molecule has 1 aliphatic carbocycles. The number of hydrogen-bond acceptors (Lipinski definition) is 9. The smallest absolute Gasteiger partial charge is 0.334 e. The first kappa shape index (κ1) is 26.1. The molecule has 2 aliphatic rings. The van der Waals surface area contributed by atoms with Gasteiger partial charge in [-0.1, -0.05) is 12.7 Å². The minimum atomic E-state index is -0.861. The van der Waals surface area contributed by atoms with E-state index in [0.717, 1.165) is 0 Å². The fourth-order valence-electron chi connectivity index (χ4n) is 3.69. The molecule has 1 N–H and O–H groups in total. The second-order valence-electron chi connectivity index (χ2n) is 8.03. The highest BCUT2D eigenvalue weighted by atomic mass is 16.6. The van der Waals surface area contributed by atoms with E-state index in [-0.39, 0.29) is 37.2 Å². The lowest BCUT2D eigenvalue weighted by atomic mass is 9.85. The van der Waals surface area contributed by atoms with Crippen molar-refractivity contribution < 1.29 is 43.2 Å². The van der Waals surface area contributed by atoms with Crippen LogP contribution in [-0.2, 0) is 38.1 Å². The Balaban J connectivity index is 2.50. The normalized spacial score (nSPS) is 28.9. The molecule has 0 saturated carbocycles. The zero-order valence-corrected chi connectivity index (χ0v) is 19.3. The Bertz CT molecular complexity index is 909. The Hall–Kier alpha value is -3.20. The molecule has 9 nitrogen and oxygen atoms in total. The molecule has 0 amide bonds. The predicted octanol–water partition coefficient (Wildman–Crippen LogP) is 2.10. The van der Waals surface area contributed by atoms with Crippen LogP contribution in [0.15, 0.2) is 47.1 Å². The molecule has 1 fully saturated rings. The first-order valence-electron chi connectivity index (χ1n) is 10.6. The molecule has 0 aromatic rings. The van der Waals surface area contributed by atoms with Crippen LogP contribution in [0.4, 0.5) is 0 Å². The second kappa shape index (κ2) is 11.6. The lowest BCUT2D eigenvalue weighted by Gasteiger charge is -2.29. The number of fused-ring (bicyclic) bond motifs is 1. The van der Waals surface area contributed by atoms with E-state index in [1.807, 2.05) is 0 Å². The van der Waals surface area contributed by atoms with Gasteiger partial charge in [0.2, 0.25) is 0 Å². The van der Waals surface area contributed by atoms with Gasteiger partial charge in [-0.05, 0) is 37.1 Å². The van der Waals surface area contributed by atoms with E-state index in [2.05, 4.69) is 6.58 Å². The molecular weight excluding hydrogens is 432 g/mol. The fraction of sp³-hybridized carbons (Fsp3) is 0.500. The van der Waals surface area contributed by atoms with Crippen molar-refractivity contribution >= 4 is 23.9 Å². The first-order valence-corrected chi connectivity index (χ1v) is 10.6. The molecule has 33 heavy (non-hydrogen) atoms. The SMILES string of the molecule is C=C1C(=O)O[C@H]2/C=C(/C)[C@H](OC(C)=O)C/C=C(/COC(C)=O)C[C@H](OC(=O)/C(C)=C/CO)[C@H]12. The Morgan fingerprint density at radius 2 is 1.91 bits per heavy atom. The number of carbonyl (C=O) groups is 4. The molecule has 0 bridgehead atoms. The number of ether oxygens (including phenoxy) is 4. The van der Waals surface area contributed by atoms with Gasteiger partial charge < -0.3 is 24.1 Å². The topological polar surface area (TPSA) is 125 Å². The summed E-state index contributed by atoms with van der Waals surface area (Å²) < 4.78 is 21.8. The zero-order valence-electron chi connectivity index (χ0n) is 19.3. The Morgan fingerprint density at radius 1 is 1.21 bits per heavy atom. The van der Waals surface area contributed by atoms with Gasteiger partial charge in [-0.15, -0.1) is 0 Å². The van der Waals surface area contributed by atoms with E-state index >= 15 is 0 Å². The largest absolute Gasteiger partial charge is 0.461 e. The molecule has 4 atom stereocenters. The minimum Gasteiger partial charge on any atom is -0.461 e. The van der Waals surface area contributed by atoms with Gasteiger partial charge in [-0.2, -0.15) is 0 Å². The quantitative estimate of drug-likeness (QED) is 0.273. The van der Waals surface area contributed by atoms with Gasteiger partial charge in [-0.25, -0.2) is 9.59 Å². The predicted molar refractivity (Wildman–Crippen MR) is 116 cm³/mol. The average molecular weight is 462 g/mol. The fourth-order valence-corrected chi connectivity index (χ4v) is 3.69. The summed E-state index contributed by atoms with van der Waals surface area (Å²) >= 11 is 0. The number of carbonyl (C=O) groups excluding carboxylic acids is 4. The molecule has 0 aromatic carbocycles. The summed E-state index contributed by atoms with van der Waals surface area (Å²) in [7, 11) is 0. The molecule has 1 saturated heterocycles. The van der Waals surface area contributed by atoms with Crippen molar-refractivity contribution in [2.75, 3.05) is 13.2 Å². The molecule has 2 rings (SSSR count). The molecular formula is C24H30O9. The number of aliphatic hydroxyl groups is 1. The van der Waals surface area contributed by atoms with Gasteiger partial charge in [0.1, 0.15) is 24.9 Å². The highest BCUT2D eigenvalue weighted by Gasteiger charge is 2.45. The standard InChI is InChI=1S/C24H30O9/c1-13(8-9-25)23(28)32-21-11-18(12-30-16(4)26)6-7-19(31-17(5)27)14(2)10-20-22(21)15(3)24(29)33-20/h6,8,10,19-22,25H,3,7,9,11-12H2,1-2,4-5H3/b13-8+,14-10-,18-6+/t19-,20+,21+,22-/m1/s1.